The van der Waals surface area contributed by atoms with Crippen LogP contribution in [-0.2, 0) is 12.8 Å². The second-order valence-corrected chi connectivity index (χ2v) is 9.05. The topological polar surface area (TPSA) is 70.6 Å². The number of ether oxygens (including phenoxy) is 1. The summed E-state index contributed by atoms with van der Waals surface area (Å²) in [6.07, 6.45) is 1.63. The predicted molar refractivity (Wildman–Crippen MR) is 124 cm³/mol. The van der Waals surface area contributed by atoms with Gasteiger partial charge in [0.15, 0.2) is 0 Å². The van der Waals surface area contributed by atoms with Crippen LogP contribution in [0.5, 0.6) is 5.75 Å². The molecule has 2 heterocycles. The first kappa shape index (κ1) is 22.8. The molecule has 1 aromatic heterocycles. The van der Waals surface area contributed by atoms with E-state index in [4.69, 9.17) is 14.7 Å². The number of rotatable bonds is 5. The largest absolute Gasteiger partial charge is 0.497 e. The number of aryl methyl sites for hydroxylation is 2. The number of carbonyl (C=O) groups excluding carboxylic acids is 1. The van der Waals surface area contributed by atoms with E-state index in [2.05, 4.69) is 29.3 Å². The van der Waals surface area contributed by atoms with E-state index < -0.39 is 0 Å². The van der Waals surface area contributed by atoms with E-state index in [9.17, 15) is 4.79 Å². The number of carbonyl (C=O) groups is 1. The van der Waals surface area contributed by atoms with Crippen molar-refractivity contribution in [2.75, 3.05) is 38.2 Å². The number of hydrogen-bond donors (Lipinski definition) is 1. The van der Waals surface area contributed by atoms with Gasteiger partial charge in [0.05, 0.1) is 7.11 Å². The zero-order valence-electron chi connectivity index (χ0n) is 19.7. The average molecular weight is 426 g/mol. The van der Waals surface area contributed by atoms with Crippen molar-refractivity contribution in [1.29, 1.82) is 0 Å². The molecular formula is C24H35N5O2. The summed E-state index contributed by atoms with van der Waals surface area (Å²) in [5.74, 6) is 2.64. The molecule has 0 atom stereocenters. The van der Waals surface area contributed by atoms with Gasteiger partial charge in [0.25, 0.3) is 0 Å². The van der Waals surface area contributed by atoms with Crippen molar-refractivity contribution in [1.82, 2.24) is 20.2 Å². The number of piperazine rings is 1. The van der Waals surface area contributed by atoms with Crippen LogP contribution in [0.2, 0.25) is 0 Å². The maximum absolute atomic E-state index is 12.5. The number of hydrogen-bond acceptors (Lipinski definition) is 5. The van der Waals surface area contributed by atoms with Crippen LogP contribution in [0.4, 0.5) is 10.6 Å². The normalized spacial score (nSPS) is 14.5. The third-order valence-electron chi connectivity index (χ3n) is 5.41. The van der Waals surface area contributed by atoms with E-state index in [0.29, 0.717) is 13.1 Å². The van der Waals surface area contributed by atoms with Crippen LogP contribution in [0.25, 0.3) is 0 Å². The quantitative estimate of drug-likeness (QED) is 0.793. The molecule has 0 unspecified atom stereocenters. The molecule has 1 saturated heterocycles. The lowest BCUT2D eigenvalue weighted by Crippen LogP contribution is -2.55. The lowest BCUT2D eigenvalue weighted by molar-refractivity contribution is 0.185. The summed E-state index contributed by atoms with van der Waals surface area (Å²) in [5.41, 5.74) is 3.23. The molecular weight excluding hydrogens is 390 g/mol. The molecule has 1 aromatic carbocycles. The van der Waals surface area contributed by atoms with Gasteiger partial charge in [-0.05, 0) is 51.8 Å². The van der Waals surface area contributed by atoms with Gasteiger partial charge in [-0.1, -0.05) is 19.1 Å². The number of aromatic nitrogens is 2. The summed E-state index contributed by atoms with van der Waals surface area (Å²) in [5, 5.41) is 3.06. The lowest BCUT2D eigenvalue weighted by atomic mass is 10.0. The maximum Gasteiger partial charge on any atom is 0.317 e. The highest BCUT2D eigenvalue weighted by Gasteiger charge is 2.26. The minimum Gasteiger partial charge on any atom is -0.497 e. The highest BCUT2D eigenvalue weighted by molar-refractivity contribution is 5.75. The first-order valence-corrected chi connectivity index (χ1v) is 11.0. The first-order valence-electron chi connectivity index (χ1n) is 11.0. The van der Waals surface area contributed by atoms with E-state index >= 15 is 0 Å². The number of amides is 2. The lowest BCUT2D eigenvalue weighted by Gasteiger charge is -2.37. The average Bonchev–Trinajstić information content (AvgIpc) is 2.74. The number of anilines is 1. The van der Waals surface area contributed by atoms with Crippen molar-refractivity contribution >= 4 is 11.8 Å². The van der Waals surface area contributed by atoms with Crippen LogP contribution in [-0.4, -0.2) is 59.7 Å². The fourth-order valence-corrected chi connectivity index (χ4v) is 3.84. The summed E-state index contributed by atoms with van der Waals surface area (Å²) >= 11 is 0. The Labute approximate surface area is 185 Å². The summed E-state index contributed by atoms with van der Waals surface area (Å²) in [4.78, 5) is 26.3. The molecule has 0 aliphatic carbocycles. The third kappa shape index (κ3) is 5.87. The second kappa shape index (κ2) is 9.54. The Kier molecular flexibility index (Phi) is 7.03. The van der Waals surface area contributed by atoms with Crippen LogP contribution >= 0.6 is 0 Å². The van der Waals surface area contributed by atoms with Crippen molar-refractivity contribution in [2.24, 2.45) is 0 Å². The van der Waals surface area contributed by atoms with Gasteiger partial charge in [0, 0.05) is 49.4 Å². The molecule has 2 amide bonds. The Hall–Kier alpha value is -2.83. The molecule has 0 radical (unpaired) electrons. The molecule has 7 heteroatoms. The number of benzene rings is 1. The standard InChI is InChI=1S/C24H35N5O2/c1-7-21-20(16-18-8-10-19(31-6)11-9-18)22(26-17(2)25-21)28-12-14-29(15-13-28)23(30)27-24(3,4)5/h8-11H,7,12-16H2,1-6H3,(H,27,30). The van der Waals surface area contributed by atoms with Gasteiger partial charge in [-0.15, -0.1) is 0 Å². The molecule has 0 spiro atoms. The summed E-state index contributed by atoms with van der Waals surface area (Å²) in [6, 6.07) is 8.16. The Morgan fingerprint density at radius 1 is 1.10 bits per heavy atom. The number of nitrogens with one attached hydrogen (secondary N) is 1. The van der Waals surface area contributed by atoms with Crippen molar-refractivity contribution in [2.45, 2.75) is 53.0 Å². The smallest absolute Gasteiger partial charge is 0.317 e. The van der Waals surface area contributed by atoms with Crippen molar-refractivity contribution in [3.63, 3.8) is 0 Å². The molecule has 1 fully saturated rings. The molecule has 3 rings (SSSR count). The number of methoxy groups -OCH3 is 1. The van der Waals surface area contributed by atoms with Crippen molar-refractivity contribution in [3.05, 3.63) is 46.9 Å². The predicted octanol–water partition coefficient (Wildman–Crippen LogP) is 3.58. The fraction of sp³-hybridized carbons (Fsp3) is 0.542. The molecule has 7 nitrogen and oxygen atoms in total. The molecule has 1 aliphatic rings. The monoisotopic (exact) mass is 425 g/mol. The van der Waals surface area contributed by atoms with Crippen LogP contribution in [0.15, 0.2) is 24.3 Å². The second-order valence-electron chi connectivity index (χ2n) is 9.05. The molecule has 168 valence electrons. The van der Waals surface area contributed by atoms with Crippen LogP contribution in [0, 0.1) is 6.92 Å². The molecule has 1 N–H and O–H groups in total. The van der Waals surface area contributed by atoms with Crippen LogP contribution in [0.1, 0.15) is 50.3 Å². The Bertz CT molecular complexity index is 897. The van der Waals surface area contributed by atoms with E-state index in [1.54, 1.807) is 7.11 Å². The van der Waals surface area contributed by atoms with Crippen molar-refractivity contribution in [3.8, 4) is 5.75 Å². The van der Waals surface area contributed by atoms with Crippen LogP contribution in [0.3, 0.4) is 0 Å². The number of nitrogens with zero attached hydrogens (tertiary/aromatic N) is 4. The van der Waals surface area contributed by atoms with Crippen LogP contribution < -0.4 is 15.0 Å². The summed E-state index contributed by atoms with van der Waals surface area (Å²) in [7, 11) is 1.68. The first-order chi connectivity index (χ1) is 14.7. The van der Waals surface area contributed by atoms with Gasteiger partial charge in [-0.2, -0.15) is 0 Å². The van der Waals surface area contributed by atoms with E-state index in [1.807, 2.05) is 44.7 Å². The maximum atomic E-state index is 12.5. The molecule has 31 heavy (non-hydrogen) atoms. The van der Waals surface area contributed by atoms with Gasteiger partial charge < -0.3 is 19.9 Å². The van der Waals surface area contributed by atoms with Gasteiger partial charge in [0.1, 0.15) is 17.4 Å². The summed E-state index contributed by atoms with van der Waals surface area (Å²) in [6.45, 7) is 13.0. The van der Waals surface area contributed by atoms with Gasteiger partial charge >= 0.3 is 6.03 Å². The zero-order chi connectivity index (χ0) is 22.6. The Morgan fingerprint density at radius 3 is 2.29 bits per heavy atom. The van der Waals surface area contributed by atoms with E-state index in [1.165, 1.54) is 11.1 Å². The Morgan fingerprint density at radius 2 is 1.74 bits per heavy atom. The minimum atomic E-state index is -0.237. The molecule has 2 aromatic rings. The SMILES string of the molecule is CCc1nc(C)nc(N2CCN(C(=O)NC(C)(C)C)CC2)c1Cc1ccc(OC)cc1. The van der Waals surface area contributed by atoms with Gasteiger partial charge in [-0.25, -0.2) is 14.8 Å². The third-order valence-corrected chi connectivity index (χ3v) is 5.41. The van der Waals surface area contributed by atoms with Gasteiger partial charge in [0.2, 0.25) is 0 Å². The van der Waals surface area contributed by atoms with Crippen molar-refractivity contribution < 1.29 is 9.53 Å². The highest BCUT2D eigenvalue weighted by Crippen LogP contribution is 2.26. The van der Waals surface area contributed by atoms with E-state index in [0.717, 1.165) is 49.0 Å². The molecule has 0 bridgehead atoms. The van der Waals surface area contributed by atoms with Gasteiger partial charge in [-0.3, -0.25) is 0 Å². The summed E-state index contributed by atoms with van der Waals surface area (Å²) < 4.78 is 5.29. The highest BCUT2D eigenvalue weighted by atomic mass is 16.5. The number of urea groups is 1. The van der Waals surface area contributed by atoms with E-state index in [-0.39, 0.29) is 11.6 Å². The molecule has 1 aliphatic heterocycles. The molecule has 0 saturated carbocycles. The minimum absolute atomic E-state index is 0.00118. The Balaban J connectivity index is 1.80. The fourth-order valence-electron chi connectivity index (χ4n) is 3.84. The zero-order valence-corrected chi connectivity index (χ0v) is 19.7.